The molecule has 1 heterocycles. The van der Waals surface area contributed by atoms with E-state index >= 15 is 0 Å². The van der Waals surface area contributed by atoms with Gasteiger partial charge < -0.3 is 14.6 Å². The summed E-state index contributed by atoms with van der Waals surface area (Å²) in [5.74, 6) is -0.161. The largest absolute Gasteiger partial charge is 0.499 e. The molecule has 2 aromatic rings. The van der Waals surface area contributed by atoms with E-state index in [9.17, 15) is 14.7 Å². The standard InChI is InChI=1S/C16H18O5S/c1-3-5-8-21-10-6-7-11-12(9-10)22-16(19)13(14(11)17)15(18)20-4-2/h6-7,9,19H,3-5,8H2,1-2H3. The third-order valence-electron chi connectivity index (χ3n) is 3.09. The van der Waals surface area contributed by atoms with Crippen molar-refractivity contribution in [3.8, 4) is 10.8 Å². The van der Waals surface area contributed by atoms with Crippen LogP contribution < -0.4 is 10.2 Å². The molecular weight excluding hydrogens is 304 g/mol. The highest BCUT2D eigenvalue weighted by molar-refractivity contribution is 7.20. The first-order valence-electron chi connectivity index (χ1n) is 7.18. The Hall–Kier alpha value is -2.08. The fraction of sp³-hybridized carbons (Fsp3) is 0.375. The summed E-state index contributed by atoms with van der Waals surface area (Å²) in [5.41, 5.74) is -0.830. The summed E-state index contributed by atoms with van der Waals surface area (Å²) in [6, 6.07) is 5.00. The zero-order valence-corrected chi connectivity index (χ0v) is 13.4. The van der Waals surface area contributed by atoms with Gasteiger partial charge in [0, 0.05) is 10.1 Å². The maximum atomic E-state index is 12.3. The van der Waals surface area contributed by atoms with Crippen molar-refractivity contribution >= 4 is 27.4 Å². The normalized spacial score (nSPS) is 10.6. The molecule has 2 rings (SSSR count). The first-order valence-corrected chi connectivity index (χ1v) is 7.99. The van der Waals surface area contributed by atoms with E-state index in [4.69, 9.17) is 9.47 Å². The average Bonchev–Trinajstić information content (AvgIpc) is 2.47. The predicted molar refractivity (Wildman–Crippen MR) is 86.1 cm³/mol. The lowest BCUT2D eigenvalue weighted by atomic mass is 10.2. The summed E-state index contributed by atoms with van der Waals surface area (Å²) >= 11 is 0.965. The lowest BCUT2D eigenvalue weighted by Gasteiger charge is -2.08. The Labute approximate surface area is 132 Å². The van der Waals surface area contributed by atoms with E-state index in [1.165, 1.54) is 0 Å². The minimum absolute atomic E-state index is 0.143. The zero-order chi connectivity index (χ0) is 16.1. The van der Waals surface area contributed by atoms with Crippen molar-refractivity contribution in [3.63, 3.8) is 0 Å². The molecule has 0 atom stereocenters. The van der Waals surface area contributed by atoms with Gasteiger partial charge in [0.2, 0.25) is 5.43 Å². The number of benzene rings is 1. The van der Waals surface area contributed by atoms with E-state index in [1.807, 2.05) is 0 Å². The van der Waals surface area contributed by atoms with Crippen LogP contribution in [-0.4, -0.2) is 24.3 Å². The maximum absolute atomic E-state index is 12.3. The van der Waals surface area contributed by atoms with Gasteiger partial charge in [-0.3, -0.25) is 4.79 Å². The number of unbranched alkanes of at least 4 members (excludes halogenated alkanes) is 1. The van der Waals surface area contributed by atoms with E-state index < -0.39 is 11.4 Å². The topological polar surface area (TPSA) is 72.8 Å². The van der Waals surface area contributed by atoms with Gasteiger partial charge in [-0.25, -0.2) is 4.79 Å². The Morgan fingerprint density at radius 1 is 1.32 bits per heavy atom. The second-order valence-electron chi connectivity index (χ2n) is 4.69. The van der Waals surface area contributed by atoms with Gasteiger partial charge in [0.15, 0.2) is 10.6 Å². The Bertz CT molecular complexity index is 735. The van der Waals surface area contributed by atoms with Crippen LogP contribution in [0, 0.1) is 0 Å². The average molecular weight is 322 g/mol. The molecule has 1 aromatic heterocycles. The molecule has 1 N–H and O–H groups in total. The van der Waals surface area contributed by atoms with Gasteiger partial charge in [-0.1, -0.05) is 24.7 Å². The molecule has 0 fully saturated rings. The smallest absolute Gasteiger partial charge is 0.346 e. The molecule has 0 aliphatic heterocycles. The van der Waals surface area contributed by atoms with E-state index in [0.29, 0.717) is 22.4 Å². The number of esters is 1. The molecule has 0 bridgehead atoms. The first-order chi connectivity index (χ1) is 10.6. The zero-order valence-electron chi connectivity index (χ0n) is 12.5. The minimum atomic E-state index is -0.800. The van der Waals surface area contributed by atoms with E-state index in [2.05, 4.69) is 6.92 Å². The molecule has 0 saturated heterocycles. The second kappa shape index (κ2) is 7.26. The van der Waals surface area contributed by atoms with Crippen molar-refractivity contribution in [1.29, 1.82) is 0 Å². The minimum Gasteiger partial charge on any atom is -0.499 e. The Morgan fingerprint density at radius 3 is 2.77 bits per heavy atom. The molecule has 0 aliphatic carbocycles. The highest BCUT2D eigenvalue weighted by Crippen LogP contribution is 2.30. The number of hydrogen-bond acceptors (Lipinski definition) is 6. The molecule has 0 spiro atoms. The van der Waals surface area contributed by atoms with Gasteiger partial charge >= 0.3 is 5.97 Å². The quantitative estimate of drug-likeness (QED) is 0.652. The molecule has 0 unspecified atom stereocenters. The lowest BCUT2D eigenvalue weighted by Crippen LogP contribution is -2.17. The molecule has 0 saturated carbocycles. The van der Waals surface area contributed by atoms with Gasteiger partial charge in [-0.15, -0.1) is 0 Å². The molecular formula is C16H18O5S. The van der Waals surface area contributed by atoms with Gasteiger partial charge in [-0.2, -0.15) is 0 Å². The number of rotatable bonds is 6. The van der Waals surface area contributed by atoms with Crippen LogP contribution in [0.2, 0.25) is 0 Å². The molecule has 0 amide bonds. The molecule has 0 radical (unpaired) electrons. The van der Waals surface area contributed by atoms with Gasteiger partial charge in [0.25, 0.3) is 0 Å². The fourth-order valence-electron chi connectivity index (χ4n) is 1.97. The van der Waals surface area contributed by atoms with Crippen LogP contribution in [0.3, 0.4) is 0 Å². The van der Waals surface area contributed by atoms with Crippen LogP contribution in [0.5, 0.6) is 10.8 Å². The van der Waals surface area contributed by atoms with Crippen LogP contribution >= 0.6 is 11.3 Å². The van der Waals surface area contributed by atoms with Crippen LogP contribution in [-0.2, 0) is 4.74 Å². The molecule has 22 heavy (non-hydrogen) atoms. The summed E-state index contributed by atoms with van der Waals surface area (Å²) in [4.78, 5) is 24.1. The monoisotopic (exact) mass is 322 g/mol. The van der Waals surface area contributed by atoms with Crippen LogP contribution in [0.15, 0.2) is 23.0 Å². The summed E-state index contributed by atoms with van der Waals surface area (Å²) in [7, 11) is 0. The van der Waals surface area contributed by atoms with Gasteiger partial charge in [0.05, 0.1) is 13.2 Å². The number of carbonyl (C=O) groups is 1. The maximum Gasteiger partial charge on any atom is 0.346 e. The molecule has 0 aliphatic rings. The van der Waals surface area contributed by atoms with Crippen molar-refractivity contribution in [2.45, 2.75) is 26.7 Å². The number of ether oxygens (including phenoxy) is 2. The van der Waals surface area contributed by atoms with Crippen LogP contribution in [0.25, 0.3) is 10.1 Å². The fourth-order valence-corrected chi connectivity index (χ4v) is 2.90. The van der Waals surface area contributed by atoms with Crippen molar-refractivity contribution < 1.29 is 19.4 Å². The first kappa shape index (κ1) is 16.3. The Balaban J connectivity index is 2.43. The van der Waals surface area contributed by atoms with Crippen molar-refractivity contribution in [2.75, 3.05) is 13.2 Å². The van der Waals surface area contributed by atoms with Crippen molar-refractivity contribution in [2.24, 2.45) is 0 Å². The third kappa shape index (κ3) is 3.39. The van der Waals surface area contributed by atoms with Crippen LogP contribution in [0.4, 0.5) is 0 Å². The summed E-state index contributed by atoms with van der Waals surface area (Å²) < 4.78 is 11.0. The summed E-state index contributed by atoms with van der Waals surface area (Å²) in [5, 5.41) is 10.0. The molecule has 118 valence electrons. The lowest BCUT2D eigenvalue weighted by molar-refractivity contribution is 0.0522. The van der Waals surface area contributed by atoms with Gasteiger partial charge in [0.1, 0.15) is 5.75 Å². The number of hydrogen-bond donors (Lipinski definition) is 1. The Morgan fingerprint density at radius 2 is 2.09 bits per heavy atom. The predicted octanol–water partition coefficient (Wildman–Crippen LogP) is 3.32. The molecule has 1 aromatic carbocycles. The molecule has 5 nitrogen and oxygen atoms in total. The van der Waals surface area contributed by atoms with E-state index in [1.54, 1.807) is 25.1 Å². The number of fused-ring (bicyclic) bond motifs is 1. The highest BCUT2D eigenvalue weighted by atomic mass is 32.1. The van der Waals surface area contributed by atoms with E-state index in [0.717, 1.165) is 24.2 Å². The highest BCUT2D eigenvalue weighted by Gasteiger charge is 2.20. The number of carbonyl (C=O) groups excluding carboxylic acids is 1. The van der Waals surface area contributed by atoms with E-state index in [-0.39, 0.29) is 17.2 Å². The number of aromatic hydroxyl groups is 1. The summed E-state index contributed by atoms with van der Waals surface area (Å²) in [6.07, 6.45) is 1.98. The van der Waals surface area contributed by atoms with Crippen LogP contribution in [0.1, 0.15) is 37.0 Å². The third-order valence-corrected chi connectivity index (χ3v) is 4.05. The van der Waals surface area contributed by atoms with Gasteiger partial charge in [-0.05, 0) is 31.5 Å². The second-order valence-corrected chi connectivity index (χ2v) is 5.72. The van der Waals surface area contributed by atoms with Crippen molar-refractivity contribution in [3.05, 3.63) is 34.0 Å². The van der Waals surface area contributed by atoms with Crippen molar-refractivity contribution in [1.82, 2.24) is 0 Å². The Kier molecular flexibility index (Phi) is 5.38. The molecule has 6 heteroatoms. The SMILES string of the molecule is CCCCOc1ccc2c(=O)c(C(=O)OCC)c(O)sc2c1. The summed E-state index contributed by atoms with van der Waals surface area (Å²) in [6.45, 7) is 4.46.